The van der Waals surface area contributed by atoms with Crippen molar-refractivity contribution in [3.63, 3.8) is 0 Å². The zero-order valence-electron chi connectivity index (χ0n) is 17.9. The van der Waals surface area contributed by atoms with Gasteiger partial charge in [0.05, 0.1) is 20.6 Å². The van der Waals surface area contributed by atoms with Gasteiger partial charge in [0.1, 0.15) is 19.3 Å². The van der Waals surface area contributed by atoms with E-state index in [1.54, 1.807) is 0 Å². The van der Waals surface area contributed by atoms with Gasteiger partial charge in [-0.05, 0) is 6.42 Å². The molecule has 0 aliphatic carbocycles. The molecule has 0 bridgehead atoms. The van der Waals surface area contributed by atoms with E-state index in [9.17, 15) is 24.0 Å². The van der Waals surface area contributed by atoms with Crippen molar-refractivity contribution in [2.45, 2.75) is 31.8 Å². The predicted molar refractivity (Wildman–Crippen MR) is 98.4 cm³/mol. The minimum atomic E-state index is -0.846. The number of amides is 4. The number of imide groups is 1. The van der Waals surface area contributed by atoms with Crippen LogP contribution in [0.15, 0.2) is 0 Å². The van der Waals surface area contributed by atoms with E-state index in [0.717, 1.165) is 10.1 Å². The van der Waals surface area contributed by atoms with E-state index in [2.05, 4.69) is 9.68 Å². The average molecular weight is 449 g/mol. The Kier molecular flexibility index (Phi) is 11.2. The van der Waals surface area contributed by atoms with E-state index in [1.165, 1.54) is 28.3 Å². The third-order valence-corrected chi connectivity index (χ3v) is 3.93. The molecule has 0 unspecified atom stereocenters. The lowest BCUT2D eigenvalue weighted by molar-refractivity contribution is -0.197. The number of carbonyl (C=O) groups excluding carboxylic acids is 5. The maximum absolute atomic E-state index is 11.8. The highest BCUT2D eigenvalue weighted by Crippen LogP contribution is 2.13. The van der Waals surface area contributed by atoms with Crippen molar-refractivity contribution in [3.05, 3.63) is 0 Å². The van der Waals surface area contributed by atoms with Crippen LogP contribution in [0.2, 0.25) is 0 Å². The summed E-state index contributed by atoms with van der Waals surface area (Å²) in [5, 5.41) is 2.15. The molecular formula is C17H27N3O11. The van der Waals surface area contributed by atoms with Gasteiger partial charge in [-0.3, -0.25) is 19.3 Å². The summed E-state index contributed by atoms with van der Waals surface area (Å²) in [6, 6.07) is 0. The molecular weight excluding hydrogens is 422 g/mol. The van der Waals surface area contributed by atoms with Crippen molar-refractivity contribution in [1.29, 1.82) is 0 Å². The molecule has 0 radical (unpaired) electrons. The number of rotatable bonds is 12. The quantitative estimate of drug-likeness (QED) is 0.225. The average Bonchev–Trinajstić information content (AvgIpc) is 3.07. The Hall–Kier alpha value is -2.97. The van der Waals surface area contributed by atoms with Crippen LogP contribution in [-0.2, 0) is 43.1 Å². The zero-order valence-corrected chi connectivity index (χ0v) is 17.9. The first kappa shape index (κ1) is 26.1. The smallest absolute Gasteiger partial charge is 0.433 e. The maximum atomic E-state index is 11.8. The van der Waals surface area contributed by atoms with Crippen molar-refractivity contribution >= 4 is 30.0 Å². The minimum absolute atomic E-state index is 0.00483. The SMILES string of the molecule is CON(C)C(=O)OCC(COC(=O)N(C)OC)OCCCC(=O)ON1C(=O)CCC1=O. The van der Waals surface area contributed by atoms with Gasteiger partial charge in [-0.1, -0.05) is 0 Å². The number of hydroxylamine groups is 6. The second-order valence-electron chi connectivity index (χ2n) is 6.16. The van der Waals surface area contributed by atoms with E-state index in [1.807, 2.05) is 0 Å². The molecule has 14 heteroatoms. The van der Waals surface area contributed by atoms with Gasteiger partial charge in [-0.2, -0.15) is 10.1 Å². The molecule has 1 fully saturated rings. The summed E-state index contributed by atoms with van der Waals surface area (Å²) in [5.41, 5.74) is 0. The third-order valence-electron chi connectivity index (χ3n) is 3.93. The van der Waals surface area contributed by atoms with Gasteiger partial charge in [0.15, 0.2) is 0 Å². The van der Waals surface area contributed by atoms with Crippen LogP contribution in [0.25, 0.3) is 0 Å². The molecule has 1 aliphatic rings. The topological polar surface area (TPSA) is 150 Å². The molecule has 0 N–H and O–H groups in total. The van der Waals surface area contributed by atoms with Crippen LogP contribution in [0.4, 0.5) is 9.59 Å². The van der Waals surface area contributed by atoms with E-state index in [4.69, 9.17) is 19.0 Å². The Morgan fingerprint density at radius 3 is 1.87 bits per heavy atom. The summed E-state index contributed by atoms with van der Waals surface area (Å²) >= 11 is 0. The van der Waals surface area contributed by atoms with Crippen molar-refractivity contribution in [3.8, 4) is 0 Å². The summed E-state index contributed by atoms with van der Waals surface area (Å²) < 4.78 is 15.5. The van der Waals surface area contributed by atoms with E-state index >= 15 is 0 Å². The van der Waals surface area contributed by atoms with Gasteiger partial charge in [0.2, 0.25) is 0 Å². The van der Waals surface area contributed by atoms with Crippen LogP contribution >= 0.6 is 0 Å². The maximum Gasteiger partial charge on any atom is 0.433 e. The first-order chi connectivity index (χ1) is 14.7. The van der Waals surface area contributed by atoms with Crippen LogP contribution in [0, 0.1) is 0 Å². The molecule has 0 saturated carbocycles. The van der Waals surface area contributed by atoms with Gasteiger partial charge < -0.3 is 19.0 Å². The highest BCUT2D eigenvalue weighted by atomic mass is 16.7. The molecule has 31 heavy (non-hydrogen) atoms. The van der Waals surface area contributed by atoms with E-state index in [-0.39, 0.29) is 45.5 Å². The summed E-state index contributed by atoms with van der Waals surface area (Å²) in [7, 11) is 5.24. The van der Waals surface area contributed by atoms with Crippen molar-refractivity contribution < 1.29 is 52.7 Å². The summed E-state index contributed by atoms with van der Waals surface area (Å²) in [6.45, 7) is -0.521. The number of hydrogen-bond donors (Lipinski definition) is 0. The predicted octanol–water partition coefficient (Wildman–Crippen LogP) is 0.0186. The molecule has 1 heterocycles. The van der Waals surface area contributed by atoms with Crippen LogP contribution in [0.1, 0.15) is 25.7 Å². The molecule has 0 spiro atoms. The lowest BCUT2D eigenvalue weighted by Gasteiger charge is -2.21. The molecule has 4 amide bonds. The fraction of sp³-hybridized carbons (Fsp3) is 0.706. The van der Waals surface area contributed by atoms with Gasteiger partial charge in [-0.15, -0.1) is 5.06 Å². The molecule has 1 aliphatic heterocycles. The Morgan fingerprint density at radius 1 is 0.935 bits per heavy atom. The van der Waals surface area contributed by atoms with Gasteiger partial charge in [0.25, 0.3) is 11.8 Å². The first-order valence-electron chi connectivity index (χ1n) is 9.26. The van der Waals surface area contributed by atoms with Crippen molar-refractivity contribution in [1.82, 2.24) is 15.2 Å². The minimum Gasteiger partial charge on any atom is -0.445 e. The highest BCUT2D eigenvalue weighted by molar-refractivity contribution is 6.01. The van der Waals surface area contributed by atoms with Crippen molar-refractivity contribution in [2.24, 2.45) is 0 Å². The van der Waals surface area contributed by atoms with Crippen LogP contribution in [-0.4, -0.2) is 99.4 Å². The number of nitrogens with zero attached hydrogens (tertiary/aromatic N) is 3. The third kappa shape index (κ3) is 9.15. The van der Waals surface area contributed by atoms with Crippen LogP contribution < -0.4 is 0 Å². The summed E-state index contributed by atoms with van der Waals surface area (Å²) in [5.74, 6) is -1.91. The largest absolute Gasteiger partial charge is 0.445 e. The number of ether oxygens (including phenoxy) is 3. The molecule has 0 aromatic heterocycles. The molecule has 0 aromatic rings. The summed E-state index contributed by atoms with van der Waals surface area (Å²) in [6.07, 6.45) is -2.39. The second-order valence-corrected chi connectivity index (χ2v) is 6.16. The fourth-order valence-corrected chi connectivity index (χ4v) is 2.08. The van der Waals surface area contributed by atoms with Gasteiger partial charge in [0, 0.05) is 33.5 Å². The number of carbonyl (C=O) groups is 5. The van der Waals surface area contributed by atoms with Gasteiger partial charge >= 0.3 is 18.2 Å². The Morgan fingerprint density at radius 2 is 1.42 bits per heavy atom. The Balaban J connectivity index is 2.44. The van der Waals surface area contributed by atoms with Crippen LogP contribution in [0.5, 0.6) is 0 Å². The molecule has 14 nitrogen and oxygen atoms in total. The Labute approximate surface area is 178 Å². The number of hydrogen-bond acceptors (Lipinski definition) is 11. The molecule has 176 valence electrons. The molecule has 1 saturated heterocycles. The normalized spacial score (nSPS) is 13.4. The zero-order chi connectivity index (χ0) is 23.4. The summed E-state index contributed by atoms with van der Waals surface area (Å²) in [4.78, 5) is 72.1. The molecule has 0 aromatic carbocycles. The van der Waals surface area contributed by atoms with E-state index < -0.39 is 36.1 Å². The lowest BCUT2D eigenvalue weighted by atomic mass is 10.3. The standard InChI is InChI=1S/C17H27N3O11/c1-18(26-3)16(24)29-10-12(11-30-17(25)19(2)27-4)28-9-5-6-15(23)31-20-13(21)7-8-14(20)22/h12H,5-11H2,1-4H3. The second kappa shape index (κ2) is 13.4. The lowest BCUT2D eigenvalue weighted by Crippen LogP contribution is -2.35. The van der Waals surface area contributed by atoms with Gasteiger partial charge in [-0.25, -0.2) is 14.4 Å². The first-order valence-corrected chi connectivity index (χ1v) is 9.26. The Bertz CT molecular complexity index is 615. The fourth-order valence-electron chi connectivity index (χ4n) is 2.08. The van der Waals surface area contributed by atoms with E-state index in [0.29, 0.717) is 5.06 Å². The van der Waals surface area contributed by atoms with Crippen LogP contribution in [0.3, 0.4) is 0 Å². The molecule has 0 atom stereocenters. The monoisotopic (exact) mass is 449 g/mol. The highest BCUT2D eigenvalue weighted by Gasteiger charge is 2.32. The van der Waals surface area contributed by atoms with Crippen molar-refractivity contribution in [2.75, 3.05) is 48.1 Å². The molecule has 1 rings (SSSR count).